The molecule has 3 heterocycles. The van der Waals surface area contributed by atoms with E-state index in [0.717, 1.165) is 36.3 Å². The van der Waals surface area contributed by atoms with Crippen LogP contribution in [0.1, 0.15) is 24.3 Å². The first kappa shape index (κ1) is 19.1. The molecule has 0 aliphatic carbocycles. The number of pyridine rings is 1. The minimum absolute atomic E-state index is 0.0316. The quantitative estimate of drug-likeness (QED) is 0.604. The van der Waals surface area contributed by atoms with Gasteiger partial charge in [0.25, 0.3) is 0 Å². The molecule has 0 radical (unpaired) electrons. The fraction of sp³-hybridized carbons (Fsp3) is 0.333. The van der Waals surface area contributed by atoms with E-state index >= 15 is 0 Å². The first-order valence-electron chi connectivity index (χ1n) is 9.74. The molecule has 0 bridgehead atoms. The number of amides is 1. The highest BCUT2D eigenvalue weighted by Gasteiger charge is 2.21. The number of ether oxygens (including phenoxy) is 1. The van der Waals surface area contributed by atoms with Crippen molar-refractivity contribution in [2.75, 3.05) is 13.1 Å². The molecule has 1 amide bonds. The predicted octanol–water partition coefficient (Wildman–Crippen LogP) is 2.12. The molecule has 3 aromatic rings. The van der Waals surface area contributed by atoms with Crippen LogP contribution in [0, 0.1) is 0 Å². The van der Waals surface area contributed by atoms with Crippen molar-refractivity contribution in [3.63, 3.8) is 0 Å². The maximum absolute atomic E-state index is 12.0. The molecule has 1 saturated heterocycles. The van der Waals surface area contributed by atoms with E-state index in [4.69, 9.17) is 9.26 Å². The number of carbonyl (C=O) groups excluding carboxylic acids is 1. The molecule has 1 unspecified atom stereocenters. The molecule has 150 valence electrons. The van der Waals surface area contributed by atoms with Crippen LogP contribution in [-0.4, -0.2) is 40.2 Å². The number of hydrogen-bond donors (Lipinski definition) is 2. The molecule has 8 nitrogen and oxygen atoms in total. The van der Waals surface area contributed by atoms with Crippen LogP contribution in [0.5, 0.6) is 5.75 Å². The molecule has 1 atom stereocenters. The molecular weight excluding hydrogens is 370 g/mol. The molecule has 0 saturated carbocycles. The summed E-state index contributed by atoms with van der Waals surface area (Å²) in [5, 5.41) is 10.1. The van der Waals surface area contributed by atoms with Gasteiger partial charge in [0.1, 0.15) is 12.4 Å². The summed E-state index contributed by atoms with van der Waals surface area (Å²) in [5.74, 6) is 1.80. The van der Waals surface area contributed by atoms with E-state index < -0.39 is 0 Å². The van der Waals surface area contributed by atoms with Gasteiger partial charge in [0.2, 0.25) is 17.6 Å². The zero-order chi connectivity index (χ0) is 19.9. The van der Waals surface area contributed by atoms with Crippen molar-refractivity contribution in [3.05, 3.63) is 60.2 Å². The van der Waals surface area contributed by atoms with E-state index in [1.165, 1.54) is 0 Å². The second-order valence-corrected chi connectivity index (χ2v) is 6.88. The summed E-state index contributed by atoms with van der Waals surface area (Å²) in [4.78, 5) is 20.5. The van der Waals surface area contributed by atoms with E-state index in [1.54, 1.807) is 12.4 Å². The lowest BCUT2D eigenvalue weighted by atomic mass is 10.2. The number of nitrogens with one attached hydrogen (secondary N) is 2. The van der Waals surface area contributed by atoms with Gasteiger partial charge in [-0.1, -0.05) is 11.2 Å². The van der Waals surface area contributed by atoms with E-state index in [-0.39, 0.29) is 11.9 Å². The molecule has 29 heavy (non-hydrogen) atoms. The van der Waals surface area contributed by atoms with Gasteiger partial charge in [-0.25, -0.2) is 0 Å². The number of rotatable bonds is 8. The Hall–Kier alpha value is -3.26. The van der Waals surface area contributed by atoms with Crippen molar-refractivity contribution in [2.45, 2.75) is 31.9 Å². The summed E-state index contributed by atoms with van der Waals surface area (Å²) in [7, 11) is 0. The van der Waals surface area contributed by atoms with Gasteiger partial charge in [-0.2, -0.15) is 4.98 Å². The van der Waals surface area contributed by atoms with E-state index in [0.29, 0.717) is 31.3 Å². The number of hydrogen-bond acceptors (Lipinski definition) is 7. The van der Waals surface area contributed by atoms with Crippen molar-refractivity contribution in [2.24, 2.45) is 0 Å². The Balaban J connectivity index is 1.26. The van der Waals surface area contributed by atoms with Crippen molar-refractivity contribution < 1.29 is 14.1 Å². The zero-order valence-corrected chi connectivity index (χ0v) is 16.0. The largest absolute Gasteiger partial charge is 0.489 e. The van der Waals surface area contributed by atoms with Gasteiger partial charge < -0.3 is 19.9 Å². The second-order valence-electron chi connectivity index (χ2n) is 6.88. The Morgan fingerprint density at radius 2 is 2.17 bits per heavy atom. The van der Waals surface area contributed by atoms with E-state index in [9.17, 15) is 4.79 Å². The summed E-state index contributed by atoms with van der Waals surface area (Å²) in [6.45, 7) is 1.83. The van der Waals surface area contributed by atoms with Crippen LogP contribution in [0.15, 0.2) is 53.3 Å². The SMILES string of the molecule is O=C(NCCc1nc(-c2ccc(OCc3cccnc3)cc2)no1)C1CCCN1. The lowest BCUT2D eigenvalue weighted by Crippen LogP contribution is -2.41. The van der Waals surface area contributed by atoms with Crippen LogP contribution in [-0.2, 0) is 17.8 Å². The summed E-state index contributed by atoms with van der Waals surface area (Å²) < 4.78 is 11.1. The number of carbonyl (C=O) groups is 1. The molecule has 1 aliphatic heterocycles. The lowest BCUT2D eigenvalue weighted by molar-refractivity contribution is -0.122. The van der Waals surface area contributed by atoms with Crippen LogP contribution in [0.3, 0.4) is 0 Å². The predicted molar refractivity (Wildman–Crippen MR) is 106 cm³/mol. The molecule has 4 rings (SSSR count). The van der Waals surface area contributed by atoms with Gasteiger partial charge >= 0.3 is 0 Å². The van der Waals surface area contributed by atoms with Gasteiger partial charge in [-0.15, -0.1) is 0 Å². The molecule has 2 aromatic heterocycles. The minimum Gasteiger partial charge on any atom is -0.489 e. The van der Waals surface area contributed by atoms with Crippen LogP contribution >= 0.6 is 0 Å². The summed E-state index contributed by atoms with van der Waals surface area (Å²) in [6.07, 6.45) is 5.94. The summed E-state index contributed by atoms with van der Waals surface area (Å²) in [5.41, 5.74) is 1.85. The molecule has 1 fully saturated rings. The normalized spacial score (nSPS) is 15.9. The van der Waals surface area contributed by atoms with Gasteiger partial charge in [0.15, 0.2) is 0 Å². The highest BCUT2D eigenvalue weighted by molar-refractivity contribution is 5.81. The van der Waals surface area contributed by atoms with Gasteiger partial charge in [0, 0.05) is 36.5 Å². The summed E-state index contributed by atoms with van der Waals surface area (Å²) >= 11 is 0. The van der Waals surface area contributed by atoms with Gasteiger partial charge in [-0.3, -0.25) is 9.78 Å². The third-order valence-electron chi connectivity index (χ3n) is 4.72. The zero-order valence-electron chi connectivity index (χ0n) is 16.0. The fourth-order valence-corrected chi connectivity index (χ4v) is 3.15. The lowest BCUT2D eigenvalue weighted by Gasteiger charge is -2.09. The van der Waals surface area contributed by atoms with Crippen molar-refractivity contribution >= 4 is 5.91 Å². The molecular formula is C21H23N5O3. The standard InChI is InChI=1S/C21H23N5O3/c27-21(18-4-2-11-23-18)24-12-9-19-25-20(26-29-19)16-5-7-17(8-6-16)28-14-15-3-1-10-22-13-15/h1,3,5-8,10,13,18,23H,2,4,9,11-12,14H2,(H,24,27). The van der Waals surface area contributed by atoms with E-state index in [2.05, 4.69) is 25.8 Å². The molecule has 0 spiro atoms. The number of benzene rings is 1. The van der Waals surface area contributed by atoms with E-state index in [1.807, 2.05) is 36.4 Å². The first-order chi connectivity index (χ1) is 14.3. The number of aromatic nitrogens is 3. The fourth-order valence-electron chi connectivity index (χ4n) is 3.15. The van der Waals surface area contributed by atoms with Gasteiger partial charge in [-0.05, 0) is 49.7 Å². The van der Waals surface area contributed by atoms with Crippen LogP contribution in [0.25, 0.3) is 11.4 Å². The first-order valence-corrected chi connectivity index (χ1v) is 9.74. The maximum atomic E-state index is 12.0. The van der Waals surface area contributed by atoms with Crippen LogP contribution < -0.4 is 15.4 Å². The van der Waals surface area contributed by atoms with Crippen molar-refractivity contribution in [3.8, 4) is 17.1 Å². The average molecular weight is 393 g/mol. The topological polar surface area (TPSA) is 102 Å². The van der Waals surface area contributed by atoms with Crippen molar-refractivity contribution in [1.82, 2.24) is 25.8 Å². The average Bonchev–Trinajstić information content (AvgIpc) is 3.46. The monoisotopic (exact) mass is 393 g/mol. The maximum Gasteiger partial charge on any atom is 0.237 e. The molecule has 1 aromatic carbocycles. The third kappa shape index (κ3) is 5.17. The Bertz CT molecular complexity index is 921. The van der Waals surface area contributed by atoms with Crippen LogP contribution in [0.4, 0.5) is 0 Å². The summed E-state index contributed by atoms with van der Waals surface area (Å²) in [6, 6.07) is 11.3. The Morgan fingerprint density at radius 3 is 2.93 bits per heavy atom. The Kier molecular flexibility index (Phi) is 6.11. The third-order valence-corrected chi connectivity index (χ3v) is 4.72. The number of nitrogens with zero attached hydrogens (tertiary/aromatic N) is 3. The molecule has 1 aliphatic rings. The Morgan fingerprint density at radius 1 is 1.28 bits per heavy atom. The second kappa shape index (κ2) is 9.29. The van der Waals surface area contributed by atoms with Gasteiger partial charge in [0.05, 0.1) is 6.04 Å². The van der Waals surface area contributed by atoms with Crippen LogP contribution in [0.2, 0.25) is 0 Å². The molecule has 2 N–H and O–H groups in total. The highest BCUT2D eigenvalue weighted by Crippen LogP contribution is 2.20. The molecule has 8 heteroatoms. The minimum atomic E-state index is -0.0767. The highest BCUT2D eigenvalue weighted by atomic mass is 16.5. The Labute approximate surface area is 168 Å². The van der Waals surface area contributed by atoms with Crippen molar-refractivity contribution in [1.29, 1.82) is 0 Å². The smallest absolute Gasteiger partial charge is 0.237 e.